The minimum absolute atomic E-state index is 0.00549. The van der Waals surface area contributed by atoms with Gasteiger partial charge in [0.2, 0.25) is 20.0 Å². The van der Waals surface area contributed by atoms with E-state index in [-0.39, 0.29) is 41.2 Å². The summed E-state index contributed by atoms with van der Waals surface area (Å²) in [6, 6.07) is 10.7. The first-order valence-corrected chi connectivity index (χ1v) is 16.1. The predicted molar refractivity (Wildman–Crippen MR) is 150 cm³/mol. The number of ether oxygens (including phenoxy) is 2. The Kier molecular flexibility index (Phi) is 9.07. The molecule has 1 heterocycles. The maximum atomic E-state index is 13.7. The number of allylic oxidation sites excluding steroid dienone is 2. The Balaban J connectivity index is 1.74. The van der Waals surface area contributed by atoms with Crippen molar-refractivity contribution < 1.29 is 31.4 Å². The molecule has 4 rings (SSSR count). The molecule has 0 bridgehead atoms. The summed E-state index contributed by atoms with van der Waals surface area (Å²) in [6.45, 7) is 3.20. The van der Waals surface area contributed by atoms with Crippen LogP contribution in [0.2, 0.25) is 0 Å². The van der Waals surface area contributed by atoms with Crippen molar-refractivity contribution in [1.29, 1.82) is 0 Å². The van der Waals surface area contributed by atoms with Crippen molar-refractivity contribution >= 4 is 25.6 Å². The van der Waals surface area contributed by atoms with Crippen LogP contribution in [-0.4, -0.2) is 76.6 Å². The fourth-order valence-electron chi connectivity index (χ4n) is 5.04. The zero-order valence-corrected chi connectivity index (χ0v) is 24.5. The maximum Gasteiger partial charge on any atom is 0.247 e. The van der Waals surface area contributed by atoms with Gasteiger partial charge in [-0.25, -0.2) is 16.8 Å². The zero-order chi connectivity index (χ0) is 28.4. The van der Waals surface area contributed by atoms with Crippen molar-refractivity contribution in [2.45, 2.75) is 61.5 Å². The van der Waals surface area contributed by atoms with Crippen molar-refractivity contribution in [1.82, 2.24) is 8.61 Å². The van der Waals surface area contributed by atoms with Crippen LogP contribution in [0.5, 0.6) is 11.5 Å². The summed E-state index contributed by atoms with van der Waals surface area (Å²) in [5, 5.41) is 9.87. The highest BCUT2D eigenvalue weighted by Gasteiger charge is 2.39. The Morgan fingerprint density at radius 3 is 2.64 bits per heavy atom. The molecule has 2 aromatic rings. The first-order chi connectivity index (χ1) is 18.5. The topological polar surface area (TPSA) is 113 Å². The summed E-state index contributed by atoms with van der Waals surface area (Å²) in [7, 11) is -4.91. The molecule has 11 heteroatoms. The minimum Gasteiger partial charge on any atom is -0.497 e. The number of fused-ring (bicyclic) bond motifs is 1. The zero-order valence-electron chi connectivity index (χ0n) is 22.9. The average Bonchev–Trinajstić information content (AvgIpc) is 2.94. The van der Waals surface area contributed by atoms with Crippen LogP contribution in [0.25, 0.3) is 5.57 Å². The van der Waals surface area contributed by atoms with E-state index < -0.39 is 32.2 Å². The number of benzene rings is 2. The number of methoxy groups -OCH3 is 1. The molecule has 0 unspecified atom stereocenters. The predicted octanol–water partition coefficient (Wildman–Crippen LogP) is 3.74. The number of hydrogen-bond donors (Lipinski definition) is 1. The summed E-state index contributed by atoms with van der Waals surface area (Å²) in [5.74, 6) is 0.234. The Labute approximate surface area is 232 Å². The minimum atomic E-state index is -3.98. The SMILES string of the molecule is COc1cccc(S(=O)(=O)N(C)C[C@H]2Oc3cc(C4=CCCCC4)ccc3S(=O)(=O)N([C@H](C)CO)C[C@H]2C)c1. The molecule has 0 saturated carbocycles. The van der Waals surface area contributed by atoms with Gasteiger partial charge in [-0.2, -0.15) is 8.61 Å². The summed E-state index contributed by atoms with van der Waals surface area (Å²) < 4.78 is 68.5. The van der Waals surface area contributed by atoms with Gasteiger partial charge >= 0.3 is 0 Å². The van der Waals surface area contributed by atoms with E-state index >= 15 is 0 Å². The number of hydrogen-bond acceptors (Lipinski definition) is 7. The first-order valence-electron chi connectivity index (χ1n) is 13.2. The lowest BCUT2D eigenvalue weighted by molar-refractivity contribution is 0.0904. The largest absolute Gasteiger partial charge is 0.497 e. The molecule has 3 atom stereocenters. The third kappa shape index (κ3) is 6.17. The van der Waals surface area contributed by atoms with Gasteiger partial charge in [0.25, 0.3) is 0 Å². The smallest absolute Gasteiger partial charge is 0.247 e. The molecule has 2 aromatic carbocycles. The summed E-state index contributed by atoms with van der Waals surface area (Å²) >= 11 is 0. The molecule has 0 amide bonds. The van der Waals surface area contributed by atoms with Crippen molar-refractivity contribution in [2.75, 3.05) is 33.9 Å². The van der Waals surface area contributed by atoms with E-state index in [1.165, 1.54) is 34.9 Å². The molecule has 9 nitrogen and oxygen atoms in total. The highest BCUT2D eigenvalue weighted by atomic mass is 32.2. The van der Waals surface area contributed by atoms with Gasteiger partial charge < -0.3 is 14.6 Å². The molecule has 1 aliphatic heterocycles. The molecule has 0 saturated heterocycles. The van der Waals surface area contributed by atoms with E-state index in [9.17, 15) is 21.9 Å². The molecule has 0 radical (unpaired) electrons. The van der Waals surface area contributed by atoms with E-state index in [0.29, 0.717) is 5.75 Å². The fraction of sp³-hybridized carbons (Fsp3) is 0.500. The summed E-state index contributed by atoms with van der Waals surface area (Å²) in [6.07, 6.45) is 5.59. The highest BCUT2D eigenvalue weighted by Crippen LogP contribution is 2.37. The number of sulfonamides is 2. The van der Waals surface area contributed by atoms with Crippen molar-refractivity contribution in [3.63, 3.8) is 0 Å². The van der Waals surface area contributed by atoms with Gasteiger partial charge in [0.05, 0.1) is 25.2 Å². The molecule has 0 fully saturated rings. The molecular weight excluding hydrogens is 540 g/mol. The van der Waals surface area contributed by atoms with E-state index in [0.717, 1.165) is 36.8 Å². The second-order valence-electron chi connectivity index (χ2n) is 10.3. The lowest BCUT2D eigenvalue weighted by Crippen LogP contribution is -2.50. The second kappa shape index (κ2) is 12.0. The molecular formula is C28H38N2O7S2. The Morgan fingerprint density at radius 2 is 1.97 bits per heavy atom. The number of aliphatic hydroxyl groups excluding tert-OH is 1. The van der Waals surface area contributed by atoms with Gasteiger partial charge in [0.15, 0.2) is 0 Å². The molecule has 0 spiro atoms. The highest BCUT2D eigenvalue weighted by molar-refractivity contribution is 7.89. The normalized spacial score (nSPS) is 22.7. The van der Waals surface area contributed by atoms with Gasteiger partial charge in [-0.05, 0) is 68.0 Å². The second-order valence-corrected chi connectivity index (χ2v) is 14.2. The Morgan fingerprint density at radius 1 is 1.21 bits per heavy atom. The third-order valence-electron chi connectivity index (χ3n) is 7.52. The van der Waals surface area contributed by atoms with Crippen molar-refractivity contribution in [3.8, 4) is 11.5 Å². The van der Waals surface area contributed by atoms with Crippen LogP contribution in [0.1, 0.15) is 45.1 Å². The molecule has 1 aliphatic carbocycles. The van der Waals surface area contributed by atoms with Crippen molar-refractivity contribution in [3.05, 3.63) is 54.1 Å². The van der Waals surface area contributed by atoms with Gasteiger partial charge in [-0.1, -0.05) is 25.1 Å². The van der Waals surface area contributed by atoms with Crippen LogP contribution >= 0.6 is 0 Å². The van der Waals surface area contributed by atoms with Gasteiger partial charge in [-0.15, -0.1) is 0 Å². The van der Waals surface area contributed by atoms with Crippen LogP contribution < -0.4 is 9.47 Å². The lowest BCUT2D eigenvalue weighted by atomic mass is 9.93. The van der Waals surface area contributed by atoms with E-state index in [1.807, 2.05) is 6.92 Å². The van der Waals surface area contributed by atoms with Crippen LogP contribution in [0.3, 0.4) is 0 Å². The van der Waals surface area contributed by atoms with Crippen LogP contribution in [-0.2, 0) is 20.0 Å². The van der Waals surface area contributed by atoms with Gasteiger partial charge in [-0.3, -0.25) is 0 Å². The summed E-state index contributed by atoms with van der Waals surface area (Å²) in [5.41, 5.74) is 2.05. The molecule has 2 aliphatic rings. The average molecular weight is 579 g/mol. The molecule has 0 aromatic heterocycles. The maximum absolute atomic E-state index is 13.7. The number of rotatable bonds is 8. The molecule has 214 valence electrons. The van der Waals surface area contributed by atoms with E-state index in [4.69, 9.17) is 9.47 Å². The summed E-state index contributed by atoms with van der Waals surface area (Å²) in [4.78, 5) is 0.103. The van der Waals surface area contributed by atoms with Crippen LogP contribution in [0.4, 0.5) is 0 Å². The number of aliphatic hydroxyl groups is 1. The monoisotopic (exact) mass is 578 g/mol. The van der Waals surface area contributed by atoms with Crippen LogP contribution in [0, 0.1) is 5.92 Å². The Bertz CT molecular complexity index is 1420. The van der Waals surface area contributed by atoms with E-state index in [1.54, 1.807) is 37.3 Å². The lowest BCUT2D eigenvalue weighted by Gasteiger charge is -2.37. The number of nitrogens with zero attached hydrogens (tertiary/aromatic N) is 2. The van der Waals surface area contributed by atoms with Crippen LogP contribution in [0.15, 0.2) is 58.3 Å². The standard InChI is InChI=1S/C28H38N2O7S2/c1-20-17-30(21(2)19-31)39(34,35)28-14-13-23(22-9-6-5-7-10-22)15-26(28)37-27(20)18-29(3)38(32,33)25-12-8-11-24(16-25)36-4/h8-9,11-16,20-21,27,31H,5-7,10,17-19H2,1-4H3/t20-,21-,27-/m1/s1. The van der Waals surface area contributed by atoms with Gasteiger partial charge in [0, 0.05) is 31.6 Å². The Hall–Kier alpha value is -2.44. The fourth-order valence-corrected chi connectivity index (χ4v) is 8.08. The van der Waals surface area contributed by atoms with E-state index in [2.05, 4.69) is 6.08 Å². The number of likely N-dealkylation sites (N-methyl/N-ethyl adjacent to an activating group) is 1. The molecule has 1 N–H and O–H groups in total. The molecule has 39 heavy (non-hydrogen) atoms. The van der Waals surface area contributed by atoms with Gasteiger partial charge in [0.1, 0.15) is 22.5 Å². The van der Waals surface area contributed by atoms with Crippen molar-refractivity contribution in [2.24, 2.45) is 5.92 Å². The third-order valence-corrected chi connectivity index (χ3v) is 11.4. The first kappa shape index (κ1) is 29.5. The quantitative estimate of drug-likeness (QED) is 0.508.